The molecule has 1 N–H and O–H groups in total. The Hall–Kier alpha value is -1.81. The van der Waals surface area contributed by atoms with Crippen LogP contribution in [0.5, 0.6) is 5.75 Å². The smallest absolute Gasteiger partial charge is 0.161 e. The largest absolute Gasteiger partial charge is 0.493 e. The van der Waals surface area contributed by atoms with Gasteiger partial charge in [-0.15, -0.1) is 0 Å². The number of hydrogen-bond acceptors (Lipinski definition) is 3. The summed E-state index contributed by atoms with van der Waals surface area (Å²) in [6, 6.07) is 6.64. The molecule has 19 heavy (non-hydrogen) atoms. The Balaban J connectivity index is 2.52. The molecule has 0 aliphatic heterocycles. The number of ether oxygens (including phenoxy) is 1. The number of nitrogens with one attached hydrogen (secondary N) is 1. The average Bonchev–Trinajstić information content (AvgIpc) is 2.71. The van der Waals surface area contributed by atoms with Crippen LogP contribution in [0.15, 0.2) is 24.4 Å². The van der Waals surface area contributed by atoms with Crippen molar-refractivity contribution >= 4 is 0 Å². The van der Waals surface area contributed by atoms with Crippen LogP contribution < -0.4 is 10.1 Å². The number of aromatic nitrogens is 2. The number of rotatable bonds is 4. The molecule has 0 amide bonds. The fourth-order valence-corrected chi connectivity index (χ4v) is 2.55. The van der Waals surface area contributed by atoms with E-state index >= 15 is 0 Å². The molecule has 0 saturated heterocycles. The zero-order chi connectivity index (χ0) is 14.0. The van der Waals surface area contributed by atoms with Gasteiger partial charge in [-0.05, 0) is 26.5 Å². The lowest BCUT2D eigenvalue weighted by atomic mass is 9.99. The summed E-state index contributed by atoms with van der Waals surface area (Å²) in [5.41, 5.74) is 4.78. The molecule has 0 aliphatic rings. The lowest BCUT2D eigenvalue weighted by Gasteiger charge is -2.19. The highest BCUT2D eigenvalue weighted by Gasteiger charge is 2.21. The van der Waals surface area contributed by atoms with Gasteiger partial charge in [-0.1, -0.05) is 29.3 Å². The van der Waals surface area contributed by atoms with Crippen molar-refractivity contribution < 1.29 is 4.74 Å². The number of benzene rings is 1. The molecule has 0 aliphatic carbocycles. The van der Waals surface area contributed by atoms with Crippen LogP contribution in [0.3, 0.4) is 0 Å². The molecule has 1 atom stereocenters. The predicted octanol–water partition coefficient (Wildman–Crippen LogP) is 2.35. The van der Waals surface area contributed by atoms with Crippen LogP contribution in [0.25, 0.3) is 0 Å². The molecule has 102 valence electrons. The van der Waals surface area contributed by atoms with Crippen LogP contribution in [-0.2, 0) is 7.05 Å². The minimum Gasteiger partial charge on any atom is -0.493 e. The highest BCUT2D eigenvalue weighted by molar-refractivity contribution is 5.39. The van der Waals surface area contributed by atoms with Gasteiger partial charge in [-0.25, -0.2) is 0 Å². The first-order valence-corrected chi connectivity index (χ1v) is 6.38. The van der Waals surface area contributed by atoms with Gasteiger partial charge in [0, 0.05) is 7.05 Å². The highest BCUT2D eigenvalue weighted by Crippen LogP contribution is 2.30. The lowest BCUT2D eigenvalue weighted by Crippen LogP contribution is -2.21. The van der Waals surface area contributed by atoms with E-state index in [1.807, 2.05) is 18.8 Å². The molecule has 1 unspecified atom stereocenters. The minimum atomic E-state index is 0.0704. The van der Waals surface area contributed by atoms with Gasteiger partial charge >= 0.3 is 0 Å². The lowest BCUT2D eigenvalue weighted by molar-refractivity contribution is 0.402. The van der Waals surface area contributed by atoms with Crippen molar-refractivity contribution in [1.29, 1.82) is 0 Å². The van der Waals surface area contributed by atoms with Crippen LogP contribution in [0, 0.1) is 13.8 Å². The predicted molar refractivity (Wildman–Crippen MR) is 76.6 cm³/mol. The molecule has 2 aromatic rings. The summed E-state index contributed by atoms with van der Waals surface area (Å²) in [5, 5.41) is 7.63. The van der Waals surface area contributed by atoms with Gasteiger partial charge in [-0.2, -0.15) is 5.10 Å². The molecule has 0 saturated carbocycles. The maximum Gasteiger partial charge on any atom is 0.161 e. The molecule has 1 aromatic heterocycles. The van der Waals surface area contributed by atoms with E-state index in [9.17, 15) is 0 Å². The summed E-state index contributed by atoms with van der Waals surface area (Å²) in [6.45, 7) is 4.23. The van der Waals surface area contributed by atoms with Crippen molar-refractivity contribution in [2.75, 3.05) is 14.2 Å². The van der Waals surface area contributed by atoms with E-state index in [2.05, 4.69) is 42.5 Å². The maximum atomic E-state index is 5.41. The quantitative estimate of drug-likeness (QED) is 0.916. The molecule has 1 heterocycles. The monoisotopic (exact) mass is 259 g/mol. The Bertz CT molecular complexity index is 555. The van der Waals surface area contributed by atoms with E-state index in [1.165, 1.54) is 16.7 Å². The van der Waals surface area contributed by atoms with Crippen LogP contribution in [0.4, 0.5) is 0 Å². The molecule has 0 bridgehead atoms. The van der Waals surface area contributed by atoms with E-state index in [4.69, 9.17) is 4.74 Å². The van der Waals surface area contributed by atoms with Gasteiger partial charge in [-0.3, -0.25) is 4.68 Å². The summed E-state index contributed by atoms with van der Waals surface area (Å²) < 4.78 is 7.27. The van der Waals surface area contributed by atoms with E-state index < -0.39 is 0 Å². The van der Waals surface area contributed by atoms with Crippen LogP contribution >= 0.6 is 0 Å². The van der Waals surface area contributed by atoms with E-state index in [0.717, 1.165) is 11.4 Å². The third kappa shape index (κ3) is 2.63. The Morgan fingerprint density at radius 3 is 2.37 bits per heavy atom. The van der Waals surface area contributed by atoms with Crippen LogP contribution in [0.1, 0.15) is 28.4 Å². The number of hydrogen-bond donors (Lipinski definition) is 1. The average molecular weight is 259 g/mol. The zero-order valence-corrected chi connectivity index (χ0v) is 12.2. The molecule has 0 fully saturated rings. The van der Waals surface area contributed by atoms with Crippen molar-refractivity contribution in [2.45, 2.75) is 19.9 Å². The third-order valence-electron chi connectivity index (χ3n) is 3.31. The number of nitrogens with zero attached hydrogens (tertiary/aromatic N) is 2. The first-order valence-electron chi connectivity index (χ1n) is 6.38. The summed E-state index contributed by atoms with van der Waals surface area (Å²) in [4.78, 5) is 0. The summed E-state index contributed by atoms with van der Waals surface area (Å²) >= 11 is 0. The zero-order valence-electron chi connectivity index (χ0n) is 12.2. The molecule has 0 radical (unpaired) electrons. The second-order valence-electron chi connectivity index (χ2n) is 4.86. The second-order valence-corrected chi connectivity index (χ2v) is 4.86. The van der Waals surface area contributed by atoms with Crippen molar-refractivity contribution in [2.24, 2.45) is 7.05 Å². The van der Waals surface area contributed by atoms with Gasteiger partial charge in [0.05, 0.1) is 19.3 Å². The maximum absolute atomic E-state index is 5.41. The van der Waals surface area contributed by atoms with Crippen molar-refractivity contribution in [1.82, 2.24) is 15.1 Å². The topological polar surface area (TPSA) is 39.1 Å². The standard InChI is InChI=1S/C15H21N3O/c1-10-6-11(2)8-12(7-10)14(16-3)15-13(19-5)9-17-18(15)4/h6-9,14,16H,1-5H3. The Morgan fingerprint density at radius 1 is 1.21 bits per heavy atom. The van der Waals surface area contributed by atoms with Crippen LogP contribution in [0.2, 0.25) is 0 Å². The normalized spacial score (nSPS) is 12.5. The Labute approximate surface area is 114 Å². The van der Waals surface area contributed by atoms with E-state index in [0.29, 0.717) is 0 Å². The second kappa shape index (κ2) is 5.45. The first kappa shape index (κ1) is 13.6. The van der Waals surface area contributed by atoms with E-state index in [-0.39, 0.29) is 6.04 Å². The Morgan fingerprint density at radius 2 is 1.84 bits per heavy atom. The van der Waals surface area contributed by atoms with Gasteiger partial charge in [0.15, 0.2) is 5.75 Å². The third-order valence-corrected chi connectivity index (χ3v) is 3.31. The van der Waals surface area contributed by atoms with Gasteiger partial charge in [0.25, 0.3) is 0 Å². The molecular weight excluding hydrogens is 238 g/mol. The van der Waals surface area contributed by atoms with Crippen molar-refractivity contribution in [3.63, 3.8) is 0 Å². The van der Waals surface area contributed by atoms with Crippen molar-refractivity contribution in [3.8, 4) is 5.75 Å². The van der Waals surface area contributed by atoms with E-state index in [1.54, 1.807) is 13.3 Å². The summed E-state index contributed by atoms with van der Waals surface area (Å²) in [6.07, 6.45) is 1.75. The van der Waals surface area contributed by atoms with Crippen molar-refractivity contribution in [3.05, 3.63) is 46.8 Å². The first-order chi connectivity index (χ1) is 9.06. The molecule has 2 rings (SSSR count). The van der Waals surface area contributed by atoms with Gasteiger partial charge < -0.3 is 10.1 Å². The van der Waals surface area contributed by atoms with Gasteiger partial charge in [0.1, 0.15) is 5.69 Å². The number of methoxy groups -OCH3 is 1. The number of aryl methyl sites for hydroxylation is 3. The fraction of sp³-hybridized carbons (Fsp3) is 0.400. The molecule has 0 spiro atoms. The molecule has 4 heteroatoms. The summed E-state index contributed by atoms with van der Waals surface area (Å²) in [5.74, 6) is 0.806. The SMILES string of the molecule is CNC(c1cc(C)cc(C)c1)c1c(OC)cnn1C. The fourth-order valence-electron chi connectivity index (χ4n) is 2.55. The van der Waals surface area contributed by atoms with Gasteiger partial charge in [0.2, 0.25) is 0 Å². The molecule has 1 aromatic carbocycles. The highest BCUT2D eigenvalue weighted by atomic mass is 16.5. The molecular formula is C15H21N3O. The Kier molecular flexibility index (Phi) is 3.90. The van der Waals surface area contributed by atoms with Crippen LogP contribution in [-0.4, -0.2) is 23.9 Å². The summed E-state index contributed by atoms with van der Waals surface area (Å²) in [7, 11) is 5.56. The minimum absolute atomic E-state index is 0.0704. The molecule has 4 nitrogen and oxygen atoms in total.